The number of ether oxygens (including phenoxy) is 3. The van der Waals surface area contributed by atoms with E-state index < -0.39 is 0 Å². The first kappa shape index (κ1) is 15.0. The summed E-state index contributed by atoms with van der Waals surface area (Å²) in [5.74, 6) is 2.15. The first-order chi connectivity index (χ1) is 10.1. The van der Waals surface area contributed by atoms with Gasteiger partial charge in [0.25, 0.3) is 0 Å². The van der Waals surface area contributed by atoms with Crippen LogP contribution < -0.4 is 14.2 Å². The Kier molecular flexibility index (Phi) is 4.52. The van der Waals surface area contributed by atoms with Crippen molar-refractivity contribution in [3.8, 4) is 17.2 Å². The van der Waals surface area contributed by atoms with Crippen molar-refractivity contribution in [1.29, 1.82) is 0 Å². The molecule has 0 radical (unpaired) electrons. The van der Waals surface area contributed by atoms with E-state index in [2.05, 4.69) is 0 Å². The van der Waals surface area contributed by atoms with Crippen molar-refractivity contribution in [2.75, 3.05) is 21.3 Å². The lowest BCUT2D eigenvalue weighted by atomic mass is 10.1. The van der Waals surface area contributed by atoms with Crippen LogP contribution in [0, 0.1) is 0 Å². The smallest absolute Gasteiger partial charge is 0.232 e. The number of rotatable bonds is 6. The van der Waals surface area contributed by atoms with Crippen LogP contribution in [0.4, 0.5) is 0 Å². The second-order valence-corrected chi connectivity index (χ2v) is 4.36. The number of hydrogen-bond acceptors (Lipinski definition) is 5. The molecule has 0 unspecified atom stereocenters. The number of benzene rings is 1. The molecule has 0 fully saturated rings. The van der Waals surface area contributed by atoms with Gasteiger partial charge in [0.1, 0.15) is 11.5 Å². The Bertz CT molecular complexity index is 642. The maximum Gasteiger partial charge on any atom is 0.232 e. The molecule has 5 nitrogen and oxygen atoms in total. The second-order valence-electron chi connectivity index (χ2n) is 4.36. The van der Waals surface area contributed by atoms with Crippen LogP contribution in [0.2, 0.25) is 0 Å². The average molecular weight is 290 g/mol. The molecule has 1 aromatic heterocycles. The Morgan fingerprint density at radius 2 is 1.62 bits per heavy atom. The average Bonchev–Trinajstić information content (AvgIpc) is 3.01. The third-order valence-electron chi connectivity index (χ3n) is 3.18. The summed E-state index contributed by atoms with van der Waals surface area (Å²) in [7, 11) is 4.54. The molecule has 5 heteroatoms. The Hall–Kier alpha value is -2.43. The van der Waals surface area contributed by atoms with Gasteiger partial charge in [-0.1, -0.05) is 6.92 Å². The third kappa shape index (κ3) is 2.86. The van der Waals surface area contributed by atoms with Gasteiger partial charge in [-0.2, -0.15) is 0 Å². The number of carbonyl (C=O) groups is 1. The number of hydrogen-bond donors (Lipinski definition) is 0. The monoisotopic (exact) mass is 290 g/mol. The molecule has 0 aliphatic rings. The molecule has 0 saturated carbocycles. The summed E-state index contributed by atoms with van der Waals surface area (Å²) in [6, 6.07) is 6.67. The normalized spacial score (nSPS) is 10.3. The lowest BCUT2D eigenvalue weighted by Gasteiger charge is -2.12. The summed E-state index contributed by atoms with van der Waals surface area (Å²) >= 11 is 0. The fourth-order valence-corrected chi connectivity index (χ4v) is 2.03. The fraction of sp³-hybridized carbons (Fsp3) is 0.312. The molecule has 2 rings (SSSR count). The minimum Gasteiger partial charge on any atom is -0.496 e. The zero-order valence-corrected chi connectivity index (χ0v) is 12.6. The zero-order valence-electron chi connectivity index (χ0n) is 12.6. The minimum absolute atomic E-state index is 0.257. The topological polar surface area (TPSA) is 57.9 Å². The van der Waals surface area contributed by atoms with Crippen molar-refractivity contribution in [2.24, 2.45) is 0 Å². The van der Waals surface area contributed by atoms with E-state index in [-0.39, 0.29) is 11.5 Å². The summed E-state index contributed by atoms with van der Waals surface area (Å²) in [6.45, 7) is 1.96. The highest BCUT2D eigenvalue weighted by Crippen LogP contribution is 2.35. The summed E-state index contributed by atoms with van der Waals surface area (Å²) in [5, 5.41) is 0. The summed E-state index contributed by atoms with van der Waals surface area (Å²) in [5.41, 5.74) is 0.368. The van der Waals surface area contributed by atoms with E-state index in [0.717, 1.165) is 12.2 Å². The highest BCUT2D eigenvalue weighted by Gasteiger charge is 2.21. The summed E-state index contributed by atoms with van der Waals surface area (Å²) in [6.07, 6.45) is 0.732. The van der Waals surface area contributed by atoms with E-state index in [1.165, 1.54) is 21.3 Å². The number of aryl methyl sites for hydroxylation is 1. The van der Waals surface area contributed by atoms with Crippen molar-refractivity contribution < 1.29 is 23.4 Å². The lowest BCUT2D eigenvalue weighted by Crippen LogP contribution is -2.04. The Morgan fingerprint density at radius 1 is 1.00 bits per heavy atom. The van der Waals surface area contributed by atoms with Gasteiger partial charge in [0.05, 0.1) is 26.9 Å². The number of ketones is 1. The minimum atomic E-state index is -0.257. The van der Waals surface area contributed by atoms with E-state index in [0.29, 0.717) is 22.8 Å². The van der Waals surface area contributed by atoms with Gasteiger partial charge < -0.3 is 18.6 Å². The van der Waals surface area contributed by atoms with Crippen molar-refractivity contribution in [3.63, 3.8) is 0 Å². The zero-order chi connectivity index (χ0) is 15.4. The third-order valence-corrected chi connectivity index (χ3v) is 3.18. The van der Waals surface area contributed by atoms with Crippen molar-refractivity contribution in [3.05, 3.63) is 41.3 Å². The molecule has 21 heavy (non-hydrogen) atoms. The maximum atomic E-state index is 12.6. The van der Waals surface area contributed by atoms with E-state index in [1.54, 1.807) is 24.3 Å². The Balaban J connectivity index is 2.48. The number of furan rings is 1. The molecule has 2 aromatic rings. The van der Waals surface area contributed by atoms with Gasteiger partial charge in [-0.25, -0.2) is 0 Å². The fourth-order valence-electron chi connectivity index (χ4n) is 2.03. The molecule has 0 N–H and O–H groups in total. The van der Waals surface area contributed by atoms with Crippen LogP contribution in [0.5, 0.6) is 17.2 Å². The van der Waals surface area contributed by atoms with Gasteiger partial charge in [-0.05, 0) is 18.2 Å². The lowest BCUT2D eigenvalue weighted by molar-refractivity contribution is 0.100. The van der Waals surface area contributed by atoms with Gasteiger partial charge in [-0.15, -0.1) is 0 Å². The molecular weight excluding hydrogens is 272 g/mol. The molecule has 0 bridgehead atoms. The molecule has 0 atom stereocenters. The Morgan fingerprint density at radius 3 is 2.14 bits per heavy atom. The predicted molar refractivity (Wildman–Crippen MR) is 77.6 cm³/mol. The number of carbonyl (C=O) groups excluding carboxylic acids is 1. The molecule has 112 valence electrons. The van der Waals surface area contributed by atoms with Gasteiger partial charge in [-0.3, -0.25) is 4.79 Å². The quantitative estimate of drug-likeness (QED) is 0.765. The van der Waals surface area contributed by atoms with Crippen LogP contribution in [0.3, 0.4) is 0 Å². The highest BCUT2D eigenvalue weighted by molar-refractivity contribution is 6.09. The SMILES string of the molecule is CCc1ccc(C(=O)c2cc(OC)c(OC)cc2OC)o1. The van der Waals surface area contributed by atoms with E-state index in [9.17, 15) is 4.79 Å². The van der Waals surface area contributed by atoms with Crippen molar-refractivity contribution in [1.82, 2.24) is 0 Å². The van der Waals surface area contributed by atoms with E-state index in [4.69, 9.17) is 18.6 Å². The maximum absolute atomic E-state index is 12.6. The van der Waals surface area contributed by atoms with Crippen molar-refractivity contribution in [2.45, 2.75) is 13.3 Å². The summed E-state index contributed by atoms with van der Waals surface area (Å²) in [4.78, 5) is 12.6. The highest BCUT2D eigenvalue weighted by atomic mass is 16.5. The number of methoxy groups -OCH3 is 3. The molecule has 1 aromatic carbocycles. The first-order valence-electron chi connectivity index (χ1n) is 6.58. The summed E-state index contributed by atoms with van der Waals surface area (Å²) < 4.78 is 21.2. The van der Waals surface area contributed by atoms with Crippen LogP contribution in [0.1, 0.15) is 28.8 Å². The standard InChI is InChI=1S/C16H18O5/c1-5-10-6-7-12(21-10)16(17)11-8-14(19-3)15(20-4)9-13(11)18-2/h6-9H,5H2,1-4H3. The van der Waals surface area contributed by atoms with Gasteiger partial charge in [0, 0.05) is 12.5 Å². The van der Waals surface area contributed by atoms with Crippen molar-refractivity contribution >= 4 is 5.78 Å². The van der Waals surface area contributed by atoms with Crippen LogP contribution in [0.25, 0.3) is 0 Å². The Labute approximate surface area is 123 Å². The molecular formula is C16H18O5. The second kappa shape index (κ2) is 6.35. The van der Waals surface area contributed by atoms with Gasteiger partial charge in [0.15, 0.2) is 17.3 Å². The van der Waals surface area contributed by atoms with E-state index >= 15 is 0 Å². The molecule has 1 heterocycles. The van der Waals surface area contributed by atoms with Gasteiger partial charge in [0.2, 0.25) is 5.78 Å². The van der Waals surface area contributed by atoms with Crippen LogP contribution >= 0.6 is 0 Å². The van der Waals surface area contributed by atoms with E-state index in [1.807, 2.05) is 6.92 Å². The first-order valence-corrected chi connectivity index (χ1v) is 6.58. The van der Waals surface area contributed by atoms with Crippen LogP contribution in [0.15, 0.2) is 28.7 Å². The molecule has 0 saturated heterocycles. The largest absolute Gasteiger partial charge is 0.496 e. The molecule has 0 amide bonds. The van der Waals surface area contributed by atoms with Gasteiger partial charge >= 0.3 is 0 Å². The molecule has 0 aliphatic heterocycles. The van der Waals surface area contributed by atoms with Crippen LogP contribution in [-0.2, 0) is 6.42 Å². The molecule has 0 aliphatic carbocycles. The molecule has 0 spiro atoms. The predicted octanol–water partition coefficient (Wildman–Crippen LogP) is 3.10. The van der Waals surface area contributed by atoms with Crippen LogP contribution in [-0.4, -0.2) is 27.1 Å².